The molecule has 1 atom stereocenters. The maximum Gasteiger partial charge on any atom is 0.411 e. The highest BCUT2D eigenvalue weighted by molar-refractivity contribution is 7.95. The Morgan fingerprint density at radius 1 is 0.686 bits per heavy atom. The Balaban J connectivity index is 1.30. The lowest BCUT2D eigenvalue weighted by molar-refractivity contribution is -0.224. The third kappa shape index (κ3) is 8.74. The zero-order valence-corrected chi connectivity index (χ0v) is 29.8. The van der Waals surface area contributed by atoms with E-state index in [0.29, 0.717) is 12.2 Å². The summed E-state index contributed by atoms with van der Waals surface area (Å²) in [7, 11) is 0. The van der Waals surface area contributed by atoms with Crippen LogP contribution in [0.3, 0.4) is 0 Å². The van der Waals surface area contributed by atoms with Crippen LogP contribution in [0.25, 0.3) is 0 Å². The summed E-state index contributed by atoms with van der Waals surface area (Å²) < 4.78 is 17.8. The monoisotopic (exact) mass is 702 g/mol. The van der Waals surface area contributed by atoms with Crippen LogP contribution >= 0.6 is 12.0 Å². The SMILES string of the molecule is CC(C)(C)OC(=O)N1CCCN(OC(c2ccccc2)(c2ccccc2)c2ccccc2)C(=O)[C@H]1COc1ccc(SOc2ccccc2)cc1. The Hall–Kier alpha value is -5.25. The van der Waals surface area contributed by atoms with Gasteiger partial charge < -0.3 is 13.7 Å². The molecule has 0 N–H and O–H groups in total. The lowest BCUT2D eigenvalue weighted by atomic mass is 9.80. The van der Waals surface area contributed by atoms with E-state index in [-0.39, 0.29) is 19.7 Å². The summed E-state index contributed by atoms with van der Waals surface area (Å²) in [4.78, 5) is 37.8. The van der Waals surface area contributed by atoms with Gasteiger partial charge in [0, 0.05) is 11.4 Å². The van der Waals surface area contributed by atoms with Gasteiger partial charge in [-0.3, -0.25) is 9.69 Å². The highest BCUT2D eigenvalue weighted by atomic mass is 32.2. The highest BCUT2D eigenvalue weighted by Crippen LogP contribution is 2.41. The smallest absolute Gasteiger partial charge is 0.411 e. The standard InChI is InChI=1S/C42H42N2O6S/c1-41(2,3)48-40(46)43-29-16-30-44(39(45)38(43)31-47-35-25-27-37(28-26-35)51-49-36-23-14-7-15-24-36)50-42(32-17-8-4-9-18-32,33-19-10-5-11-20-33)34-21-12-6-13-22-34/h4-15,17-28,38H,16,29-31H2,1-3H3/t38-/m1/s1. The minimum absolute atomic E-state index is 0.111. The second kappa shape index (κ2) is 16.2. The van der Waals surface area contributed by atoms with Crippen molar-refractivity contribution in [2.75, 3.05) is 19.7 Å². The van der Waals surface area contributed by atoms with Crippen molar-refractivity contribution in [1.82, 2.24) is 9.96 Å². The van der Waals surface area contributed by atoms with Gasteiger partial charge in [-0.1, -0.05) is 109 Å². The Morgan fingerprint density at radius 2 is 1.20 bits per heavy atom. The van der Waals surface area contributed by atoms with Gasteiger partial charge in [-0.2, -0.15) is 0 Å². The molecule has 1 saturated heterocycles. The van der Waals surface area contributed by atoms with Gasteiger partial charge in [-0.15, -0.1) is 0 Å². The van der Waals surface area contributed by atoms with Crippen LogP contribution < -0.4 is 8.92 Å². The summed E-state index contributed by atoms with van der Waals surface area (Å²) in [5.74, 6) is 0.883. The van der Waals surface area contributed by atoms with Crippen molar-refractivity contribution in [3.63, 3.8) is 0 Å². The average Bonchev–Trinajstić information content (AvgIpc) is 3.31. The van der Waals surface area contributed by atoms with Crippen molar-refractivity contribution in [2.24, 2.45) is 0 Å². The van der Waals surface area contributed by atoms with Gasteiger partial charge in [0.15, 0.2) is 11.6 Å². The van der Waals surface area contributed by atoms with E-state index in [1.807, 2.05) is 146 Å². The second-order valence-electron chi connectivity index (χ2n) is 13.1. The predicted octanol–water partition coefficient (Wildman–Crippen LogP) is 8.91. The second-order valence-corrected chi connectivity index (χ2v) is 13.9. The molecule has 0 bridgehead atoms. The Bertz CT molecular complexity index is 1760. The molecule has 1 aliphatic heterocycles. The van der Waals surface area contributed by atoms with Crippen molar-refractivity contribution < 1.29 is 28.1 Å². The van der Waals surface area contributed by atoms with E-state index in [9.17, 15) is 9.59 Å². The number of para-hydroxylation sites is 1. The molecular weight excluding hydrogens is 661 g/mol. The summed E-state index contributed by atoms with van der Waals surface area (Å²) in [6, 6.07) is 45.5. The van der Waals surface area contributed by atoms with E-state index < -0.39 is 29.2 Å². The molecule has 9 heteroatoms. The molecule has 1 aliphatic rings. The maximum absolute atomic E-state index is 14.7. The van der Waals surface area contributed by atoms with Crippen LogP contribution in [0.5, 0.6) is 11.5 Å². The van der Waals surface area contributed by atoms with Crippen molar-refractivity contribution in [3.05, 3.63) is 162 Å². The largest absolute Gasteiger partial charge is 0.491 e. The summed E-state index contributed by atoms with van der Waals surface area (Å²) in [6.45, 7) is 5.83. The molecule has 1 fully saturated rings. The number of amides is 2. The number of benzene rings is 5. The zero-order chi connectivity index (χ0) is 35.7. The van der Waals surface area contributed by atoms with E-state index in [4.69, 9.17) is 18.5 Å². The summed E-state index contributed by atoms with van der Waals surface area (Å²) in [5.41, 5.74) is 0.620. The summed E-state index contributed by atoms with van der Waals surface area (Å²) in [5, 5.41) is 1.41. The first-order valence-corrected chi connectivity index (χ1v) is 17.8. The van der Waals surface area contributed by atoms with Gasteiger partial charge >= 0.3 is 6.09 Å². The van der Waals surface area contributed by atoms with Gasteiger partial charge in [0.1, 0.15) is 23.7 Å². The topological polar surface area (TPSA) is 77.5 Å². The molecule has 2 amide bonds. The normalized spacial score (nSPS) is 15.2. The first kappa shape index (κ1) is 35.6. The summed E-state index contributed by atoms with van der Waals surface area (Å²) >= 11 is 1.24. The predicted molar refractivity (Wildman–Crippen MR) is 198 cm³/mol. The molecule has 0 saturated carbocycles. The number of hydroxylamine groups is 2. The Morgan fingerprint density at radius 3 is 1.71 bits per heavy atom. The van der Waals surface area contributed by atoms with Crippen LogP contribution in [-0.4, -0.2) is 53.3 Å². The quantitative estimate of drug-likeness (QED) is 0.101. The average molecular weight is 703 g/mol. The van der Waals surface area contributed by atoms with Gasteiger partial charge in [0.2, 0.25) is 0 Å². The van der Waals surface area contributed by atoms with Crippen LogP contribution in [0.4, 0.5) is 4.79 Å². The first-order chi connectivity index (χ1) is 24.7. The molecule has 6 rings (SSSR count). The van der Waals surface area contributed by atoms with Gasteiger partial charge in [0.25, 0.3) is 5.91 Å². The third-order valence-electron chi connectivity index (χ3n) is 8.29. The molecule has 0 unspecified atom stereocenters. The minimum Gasteiger partial charge on any atom is -0.491 e. The van der Waals surface area contributed by atoms with Crippen LogP contribution in [-0.2, 0) is 20.0 Å². The molecule has 262 valence electrons. The van der Waals surface area contributed by atoms with Gasteiger partial charge in [-0.25, -0.2) is 14.7 Å². The van der Waals surface area contributed by atoms with E-state index in [1.165, 1.54) is 22.0 Å². The maximum atomic E-state index is 14.7. The van der Waals surface area contributed by atoms with Crippen LogP contribution in [0.2, 0.25) is 0 Å². The number of carbonyl (C=O) groups is 2. The molecule has 0 aliphatic carbocycles. The van der Waals surface area contributed by atoms with Crippen molar-refractivity contribution in [2.45, 2.75) is 49.3 Å². The molecule has 5 aromatic rings. The van der Waals surface area contributed by atoms with Crippen LogP contribution in [0.1, 0.15) is 43.9 Å². The molecule has 51 heavy (non-hydrogen) atoms. The number of rotatable bonds is 11. The molecule has 0 radical (unpaired) electrons. The number of carbonyl (C=O) groups excluding carboxylic acids is 2. The van der Waals surface area contributed by atoms with Crippen molar-refractivity contribution in [1.29, 1.82) is 0 Å². The van der Waals surface area contributed by atoms with Gasteiger partial charge in [-0.05, 0) is 80.3 Å². The fourth-order valence-corrected chi connectivity index (χ4v) is 6.47. The molecular formula is C42H42N2O6S. The van der Waals surface area contributed by atoms with Crippen molar-refractivity contribution >= 4 is 24.0 Å². The Labute approximate surface area is 304 Å². The van der Waals surface area contributed by atoms with Gasteiger partial charge in [0.05, 0.1) is 18.6 Å². The molecule has 5 aromatic carbocycles. The lowest BCUT2D eigenvalue weighted by Crippen LogP contribution is -2.54. The molecule has 0 spiro atoms. The molecule has 0 aromatic heterocycles. The van der Waals surface area contributed by atoms with Crippen LogP contribution in [0, 0.1) is 0 Å². The number of hydrogen-bond acceptors (Lipinski definition) is 7. The number of hydrogen-bond donors (Lipinski definition) is 0. The van der Waals surface area contributed by atoms with E-state index >= 15 is 0 Å². The van der Waals surface area contributed by atoms with E-state index in [0.717, 1.165) is 27.3 Å². The van der Waals surface area contributed by atoms with E-state index in [2.05, 4.69) is 0 Å². The lowest BCUT2D eigenvalue weighted by Gasteiger charge is -2.40. The van der Waals surface area contributed by atoms with E-state index in [1.54, 1.807) is 20.8 Å². The third-order valence-corrected chi connectivity index (χ3v) is 9.03. The zero-order valence-electron chi connectivity index (χ0n) is 29.0. The fourth-order valence-electron chi connectivity index (χ4n) is 5.92. The van der Waals surface area contributed by atoms with Crippen molar-refractivity contribution in [3.8, 4) is 11.5 Å². The first-order valence-electron chi connectivity index (χ1n) is 17.0. The Kier molecular flexibility index (Phi) is 11.3. The molecule has 1 heterocycles. The fraction of sp³-hybridized carbons (Fsp3) is 0.238. The number of ether oxygens (including phenoxy) is 2. The van der Waals surface area contributed by atoms with Crippen LogP contribution in [0.15, 0.2) is 150 Å². The molecule has 8 nitrogen and oxygen atoms in total. The number of nitrogens with zero attached hydrogens (tertiary/aromatic N) is 2. The minimum atomic E-state index is -1.18. The summed E-state index contributed by atoms with van der Waals surface area (Å²) in [6.07, 6.45) is -0.125. The highest BCUT2D eigenvalue weighted by Gasteiger charge is 2.45.